The average Bonchev–Trinajstić information content (AvgIpc) is 3.49. The fraction of sp³-hybridized carbons (Fsp3) is 0.643. The van der Waals surface area contributed by atoms with E-state index in [1.807, 2.05) is 18.0 Å². The summed E-state index contributed by atoms with van der Waals surface area (Å²) in [6, 6.07) is 2.04. The SMILES string of the molecule is CN(C(=O)/C=C/c1ccoc1)[C@H]1CC[C@@]2(O)[C@H]3CC4=C(CC(=O)CC4)[C@@]2(CCN3CC2CC2)C1. The number of hydrogen-bond acceptors (Lipinski definition) is 5. The molecule has 2 heterocycles. The second-order valence-corrected chi connectivity index (χ2v) is 11.4. The molecule has 1 aliphatic heterocycles. The van der Waals surface area contributed by atoms with Crippen LogP contribution in [0.1, 0.15) is 69.8 Å². The van der Waals surface area contributed by atoms with Crippen LogP contribution in [0.5, 0.6) is 0 Å². The van der Waals surface area contributed by atoms with Crippen molar-refractivity contribution < 1.29 is 19.1 Å². The number of Topliss-reactive ketones (excluding diaryl/α,β-unsaturated/α-hetero) is 1. The maximum atomic E-state index is 13.0. The van der Waals surface area contributed by atoms with Crippen LogP contribution in [0.3, 0.4) is 0 Å². The molecule has 5 aliphatic rings. The highest BCUT2D eigenvalue weighted by atomic mass is 16.3. The zero-order valence-corrected chi connectivity index (χ0v) is 20.2. The lowest BCUT2D eigenvalue weighted by Crippen LogP contribution is -2.72. The molecule has 3 fully saturated rings. The van der Waals surface area contributed by atoms with Gasteiger partial charge >= 0.3 is 0 Å². The molecule has 182 valence electrons. The number of hydrogen-bond donors (Lipinski definition) is 1. The van der Waals surface area contributed by atoms with Gasteiger partial charge < -0.3 is 14.4 Å². The van der Waals surface area contributed by atoms with Crippen molar-refractivity contribution in [2.24, 2.45) is 11.3 Å². The zero-order chi connectivity index (χ0) is 23.5. The first-order valence-electron chi connectivity index (χ1n) is 13.1. The largest absolute Gasteiger partial charge is 0.472 e. The van der Waals surface area contributed by atoms with E-state index in [9.17, 15) is 14.7 Å². The molecular weight excluding hydrogens is 428 g/mol. The number of carbonyl (C=O) groups excluding carboxylic acids is 2. The minimum Gasteiger partial charge on any atom is -0.472 e. The van der Waals surface area contributed by atoms with Gasteiger partial charge in [-0.25, -0.2) is 0 Å². The summed E-state index contributed by atoms with van der Waals surface area (Å²) >= 11 is 0. The summed E-state index contributed by atoms with van der Waals surface area (Å²) in [5.41, 5.74) is 2.36. The van der Waals surface area contributed by atoms with E-state index in [4.69, 9.17) is 4.42 Å². The molecule has 34 heavy (non-hydrogen) atoms. The number of piperidine rings is 1. The fourth-order valence-electron chi connectivity index (χ4n) is 7.57. The van der Waals surface area contributed by atoms with E-state index >= 15 is 0 Å². The molecule has 6 nitrogen and oxygen atoms in total. The number of furan rings is 1. The highest BCUT2D eigenvalue weighted by Gasteiger charge is 2.66. The third-order valence-electron chi connectivity index (χ3n) is 9.66. The van der Waals surface area contributed by atoms with Crippen molar-refractivity contribution in [3.05, 3.63) is 41.4 Å². The quantitative estimate of drug-likeness (QED) is 0.527. The van der Waals surface area contributed by atoms with Crippen molar-refractivity contribution in [3.8, 4) is 0 Å². The number of ketones is 1. The van der Waals surface area contributed by atoms with Crippen LogP contribution in [0.15, 0.2) is 40.2 Å². The number of aliphatic hydroxyl groups is 1. The van der Waals surface area contributed by atoms with Gasteiger partial charge in [0.25, 0.3) is 0 Å². The Hall–Kier alpha value is -2.18. The lowest BCUT2D eigenvalue weighted by atomic mass is 9.47. The average molecular weight is 465 g/mol. The van der Waals surface area contributed by atoms with Crippen LogP contribution in [0.25, 0.3) is 6.08 Å². The smallest absolute Gasteiger partial charge is 0.246 e. The van der Waals surface area contributed by atoms with E-state index in [-0.39, 0.29) is 23.4 Å². The van der Waals surface area contributed by atoms with Gasteiger partial charge in [-0.05, 0) is 76.0 Å². The topological polar surface area (TPSA) is 74.0 Å². The van der Waals surface area contributed by atoms with Gasteiger partial charge in [-0.1, -0.05) is 11.1 Å². The van der Waals surface area contributed by atoms with Gasteiger partial charge in [-0.2, -0.15) is 0 Å². The van der Waals surface area contributed by atoms with E-state index in [0.29, 0.717) is 25.0 Å². The van der Waals surface area contributed by atoms with Crippen molar-refractivity contribution in [2.75, 3.05) is 20.1 Å². The van der Waals surface area contributed by atoms with E-state index in [1.165, 1.54) is 24.0 Å². The Balaban J connectivity index is 1.30. The highest BCUT2D eigenvalue weighted by Crippen LogP contribution is 2.63. The molecule has 0 unspecified atom stereocenters. The second-order valence-electron chi connectivity index (χ2n) is 11.4. The summed E-state index contributed by atoms with van der Waals surface area (Å²) in [6.07, 6.45) is 15.3. The van der Waals surface area contributed by atoms with E-state index in [1.54, 1.807) is 24.7 Å². The first-order chi connectivity index (χ1) is 16.4. The van der Waals surface area contributed by atoms with E-state index in [0.717, 1.165) is 56.7 Å². The molecule has 2 bridgehead atoms. The highest BCUT2D eigenvalue weighted by molar-refractivity contribution is 5.91. The minimum absolute atomic E-state index is 0.0273. The molecule has 4 aliphatic carbocycles. The van der Waals surface area contributed by atoms with Gasteiger partial charge in [0.2, 0.25) is 5.91 Å². The molecule has 1 aromatic rings. The molecular formula is C28H36N2O4. The van der Waals surface area contributed by atoms with Crippen LogP contribution >= 0.6 is 0 Å². The Labute approximate surface area is 201 Å². The number of amides is 1. The Morgan fingerprint density at radius 2 is 2.15 bits per heavy atom. The lowest BCUT2D eigenvalue weighted by Gasteiger charge is -2.66. The number of likely N-dealkylation sites (tertiary alicyclic amines) is 1. The number of nitrogens with zero attached hydrogens (tertiary/aromatic N) is 2. The van der Waals surface area contributed by atoms with Crippen LogP contribution in [-0.4, -0.2) is 64.4 Å². The van der Waals surface area contributed by atoms with Gasteiger partial charge in [0, 0.05) is 55.6 Å². The molecule has 2 saturated carbocycles. The van der Waals surface area contributed by atoms with Crippen molar-refractivity contribution >= 4 is 17.8 Å². The molecule has 0 radical (unpaired) electrons. The van der Waals surface area contributed by atoms with Gasteiger partial charge in [0.05, 0.1) is 18.1 Å². The predicted octanol–water partition coefficient (Wildman–Crippen LogP) is 3.96. The maximum Gasteiger partial charge on any atom is 0.246 e. The van der Waals surface area contributed by atoms with Crippen LogP contribution in [0, 0.1) is 11.3 Å². The second kappa shape index (κ2) is 8.20. The maximum absolute atomic E-state index is 13.0. The van der Waals surface area contributed by atoms with Crippen molar-refractivity contribution in [1.29, 1.82) is 0 Å². The molecule has 4 atom stereocenters. The Morgan fingerprint density at radius 1 is 1.29 bits per heavy atom. The minimum atomic E-state index is -0.802. The Morgan fingerprint density at radius 3 is 2.91 bits per heavy atom. The van der Waals surface area contributed by atoms with Crippen LogP contribution < -0.4 is 0 Å². The predicted molar refractivity (Wildman–Crippen MR) is 129 cm³/mol. The molecule has 1 amide bonds. The van der Waals surface area contributed by atoms with E-state index < -0.39 is 5.60 Å². The lowest BCUT2D eigenvalue weighted by molar-refractivity contribution is -0.198. The van der Waals surface area contributed by atoms with Crippen LogP contribution in [0.2, 0.25) is 0 Å². The van der Waals surface area contributed by atoms with Crippen molar-refractivity contribution in [2.45, 2.75) is 81.9 Å². The fourth-order valence-corrected chi connectivity index (χ4v) is 7.57. The normalized spacial score (nSPS) is 35.9. The summed E-state index contributed by atoms with van der Waals surface area (Å²) < 4.78 is 5.09. The van der Waals surface area contributed by atoms with Crippen molar-refractivity contribution in [3.63, 3.8) is 0 Å². The number of rotatable bonds is 5. The molecule has 0 aromatic carbocycles. The van der Waals surface area contributed by atoms with Gasteiger partial charge in [0.1, 0.15) is 5.78 Å². The molecule has 0 spiro atoms. The monoisotopic (exact) mass is 464 g/mol. The van der Waals surface area contributed by atoms with Crippen molar-refractivity contribution in [1.82, 2.24) is 9.80 Å². The summed E-state index contributed by atoms with van der Waals surface area (Å²) in [4.78, 5) is 30.1. The Kier molecular flexibility index (Phi) is 5.38. The summed E-state index contributed by atoms with van der Waals surface area (Å²) in [5.74, 6) is 1.07. The first kappa shape index (κ1) is 22.3. The standard InChI is InChI=1S/C28H36N2O4/c1-29(26(32)7-4-20-9-13-34-18-20)22-8-10-28(33)25-14-21-5-6-23(31)15-24(21)27(28,16-22)11-12-30(25)17-19-2-3-19/h4,7,9,13,18-19,22,25,33H,2-3,5-6,8,10-12,14-17H2,1H3/b7-4+/t22-,25+,27+,28+/m0/s1. The first-order valence-corrected chi connectivity index (χ1v) is 13.1. The van der Waals surface area contributed by atoms with Crippen LogP contribution in [0.4, 0.5) is 0 Å². The number of likely N-dealkylation sites (N-methyl/N-ethyl adjacent to an activating group) is 1. The Bertz CT molecular complexity index is 1040. The van der Waals surface area contributed by atoms with Crippen LogP contribution in [-0.2, 0) is 9.59 Å². The summed E-state index contributed by atoms with van der Waals surface area (Å²) in [6.45, 7) is 2.09. The molecule has 1 N–H and O–H groups in total. The molecule has 6 rings (SSSR count). The molecule has 6 heteroatoms. The van der Waals surface area contributed by atoms with Gasteiger partial charge in [0.15, 0.2) is 0 Å². The molecule has 1 aromatic heterocycles. The van der Waals surface area contributed by atoms with Gasteiger partial charge in [-0.3, -0.25) is 14.5 Å². The number of carbonyl (C=O) groups is 2. The molecule has 1 saturated heterocycles. The summed E-state index contributed by atoms with van der Waals surface area (Å²) in [5, 5.41) is 12.4. The third kappa shape index (κ3) is 3.53. The summed E-state index contributed by atoms with van der Waals surface area (Å²) in [7, 11) is 1.89. The zero-order valence-electron chi connectivity index (χ0n) is 20.2. The third-order valence-corrected chi connectivity index (χ3v) is 9.66. The van der Waals surface area contributed by atoms with Gasteiger partial charge in [-0.15, -0.1) is 0 Å². The van der Waals surface area contributed by atoms with E-state index in [2.05, 4.69) is 4.90 Å².